The number of aromatic carboxylic acids is 1. The average molecular weight is 148 g/mol. The highest BCUT2D eigenvalue weighted by Crippen LogP contribution is 2.01. The van der Waals surface area contributed by atoms with Crippen LogP contribution in [0.4, 0.5) is 4.39 Å². The second-order valence-electron chi connectivity index (χ2n) is 1.21. The van der Waals surface area contributed by atoms with E-state index in [1.165, 1.54) is 0 Å². The fraction of sp³-hybridized carbons (Fsp3) is 0. The fourth-order valence-corrected chi connectivity index (χ4v) is 0.739. The lowest BCUT2D eigenvalue weighted by Crippen LogP contribution is -1.98. The van der Waals surface area contributed by atoms with Crippen molar-refractivity contribution in [1.29, 1.82) is 0 Å². The van der Waals surface area contributed by atoms with Crippen molar-refractivity contribution < 1.29 is 14.3 Å². The van der Waals surface area contributed by atoms with Gasteiger partial charge >= 0.3 is 5.97 Å². The molecule has 0 amide bonds. The number of hydrogen-bond acceptors (Lipinski definition) is 4. The van der Waals surface area contributed by atoms with E-state index in [-0.39, 0.29) is 0 Å². The zero-order chi connectivity index (χ0) is 6.85. The van der Waals surface area contributed by atoms with Gasteiger partial charge in [-0.1, -0.05) is 0 Å². The molecule has 6 heteroatoms. The molecule has 48 valence electrons. The Kier molecular flexibility index (Phi) is 1.39. The summed E-state index contributed by atoms with van der Waals surface area (Å²) in [5.74, 6) is -2.41. The Balaban J connectivity index is 3.08. The molecule has 0 aliphatic rings. The summed E-state index contributed by atoms with van der Waals surface area (Å²) in [4.78, 5) is 9.95. The second kappa shape index (κ2) is 2.06. The van der Waals surface area contributed by atoms with E-state index >= 15 is 0 Å². The Bertz CT molecular complexity index is 235. The summed E-state index contributed by atoms with van der Waals surface area (Å²) in [5.41, 5.74) is -0.611. The van der Waals surface area contributed by atoms with Crippen molar-refractivity contribution in [3.8, 4) is 0 Å². The van der Waals surface area contributed by atoms with Crippen molar-refractivity contribution in [2.75, 3.05) is 0 Å². The van der Waals surface area contributed by atoms with Crippen molar-refractivity contribution in [2.45, 2.75) is 0 Å². The van der Waals surface area contributed by atoms with Crippen LogP contribution in [0.2, 0.25) is 0 Å². The molecule has 0 aliphatic carbocycles. The number of carbonyl (C=O) groups is 1. The van der Waals surface area contributed by atoms with Crippen LogP contribution in [0.3, 0.4) is 0 Å². The van der Waals surface area contributed by atoms with E-state index in [4.69, 9.17) is 5.11 Å². The van der Waals surface area contributed by atoms with Crippen LogP contribution in [0.1, 0.15) is 10.5 Å². The van der Waals surface area contributed by atoms with Crippen molar-refractivity contribution in [1.82, 2.24) is 8.75 Å². The van der Waals surface area contributed by atoms with Gasteiger partial charge in [0.25, 0.3) is 5.95 Å². The van der Waals surface area contributed by atoms with E-state index in [1.807, 2.05) is 0 Å². The van der Waals surface area contributed by atoms with Crippen LogP contribution in [-0.4, -0.2) is 19.8 Å². The minimum absolute atomic E-state index is 0.539. The van der Waals surface area contributed by atoms with Crippen LogP contribution >= 0.6 is 11.7 Å². The minimum Gasteiger partial charge on any atom is -0.476 e. The van der Waals surface area contributed by atoms with Crippen LogP contribution in [0.15, 0.2) is 0 Å². The molecule has 0 atom stereocenters. The van der Waals surface area contributed by atoms with Gasteiger partial charge in [-0.25, -0.2) is 4.79 Å². The molecular weight excluding hydrogens is 147 g/mol. The van der Waals surface area contributed by atoms with Crippen molar-refractivity contribution >= 4 is 17.7 Å². The van der Waals surface area contributed by atoms with E-state index in [9.17, 15) is 9.18 Å². The Labute approximate surface area is 53.3 Å². The van der Waals surface area contributed by atoms with Gasteiger partial charge in [0, 0.05) is 0 Å². The number of hydrogen-bond donors (Lipinski definition) is 1. The summed E-state index contributed by atoms with van der Waals surface area (Å²) < 4.78 is 18.2. The number of aromatic nitrogens is 2. The minimum atomic E-state index is -1.39. The van der Waals surface area contributed by atoms with E-state index < -0.39 is 17.6 Å². The molecule has 1 aromatic rings. The lowest BCUT2D eigenvalue weighted by atomic mass is 10.5. The van der Waals surface area contributed by atoms with Gasteiger partial charge in [0.15, 0.2) is 0 Å². The van der Waals surface area contributed by atoms with Gasteiger partial charge in [0.2, 0.25) is 5.69 Å². The molecule has 0 saturated heterocycles. The normalized spacial score (nSPS) is 9.44. The monoisotopic (exact) mass is 148 g/mol. The van der Waals surface area contributed by atoms with Gasteiger partial charge in [0.1, 0.15) is 0 Å². The zero-order valence-electron chi connectivity index (χ0n) is 4.04. The van der Waals surface area contributed by atoms with Crippen LogP contribution in [-0.2, 0) is 0 Å². The van der Waals surface area contributed by atoms with E-state index in [0.717, 1.165) is 0 Å². The smallest absolute Gasteiger partial charge is 0.360 e. The SMILES string of the molecule is O=C(O)c1nsnc1F. The zero-order valence-corrected chi connectivity index (χ0v) is 4.85. The Morgan fingerprint density at radius 2 is 2.33 bits per heavy atom. The summed E-state index contributed by atoms with van der Waals surface area (Å²) >= 11 is 0.539. The van der Waals surface area contributed by atoms with Crippen molar-refractivity contribution in [3.05, 3.63) is 11.6 Å². The summed E-state index contributed by atoms with van der Waals surface area (Å²) in [6, 6.07) is 0. The van der Waals surface area contributed by atoms with Gasteiger partial charge in [-0.2, -0.15) is 8.76 Å². The molecule has 0 unspecified atom stereocenters. The van der Waals surface area contributed by atoms with E-state index in [0.29, 0.717) is 11.7 Å². The van der Waals surface area contributed by atoms with Gasteiger partial charge in [-0.05, 0) is 0 Å². The topological polar surface area (TPSA) is 63.1 Å². The molecule has 1 aromatic heterocycles. The number of rotatable bonds is 1. The first-order chi connectivity index (χ1) is 4.22. The Hall–Kier alpha value is -1.04. The maximum absolute atomic E-state index is 12.1. The lowest BCUT2D eigenvalue weighted by Gasteiger charge is -1.79. The van der Waals surface area contributed by atoms with E-state index in [1.54, 1.807) is 0 Å². The predicted octanol–water partition coefficient (Wildman–Crippen LogP) is 0.375. The lowest BCUT2D eigenvalue weighted by molar-refractivity contribution is 0.0686. The number of nitrogens with zero attached hydrogens (tertiary/aromatic N) is 2. The largest absolute Gasteiger partial charge is 0.476 e. The molecule has 0 aromatic carbocycles. The molecule has 0 bridgehead atoms. The molecule has 4 nitrogen and oxygen atoms in total. The highest BCUT2D eigenvalue weighted by atomic mass is 32.1. The van der Waals surface area contributed by atoms with Gasteiger partial charge in [0.05, 0.1) is 11.7 Å². The summed E-state index contributed by atoms with van der Waals surface area (Å²) in [6.45, 7) is 0. The van der Waals surface area contributed by atoms with Crippen molar-refractivity contribution in [2.24, 2.45) is 0 Å². The van der Waals surface area contributed by atoms with Crippen LogP contribution in [0.25, 0.3) is 0 Å². The standard InChI is InChI=1S/C3HFN2O2S/c4-2-1(3(7)8)5-9-6-2/h(H,7,8). The summed E-state index contributed by atoms with van der Waals surface area (Å²) in [6.07, 6.45) is 0. The number of carboxylic acids is 1. The molecule has 0 radical (unpaired) electrons. The second-order valence-corrected chi connectivity index (χ2v) is 1.74. The van der Waals surface area contributed by atoms with Gasteiger partial charge in [-0.3, -0.25) is 0 Å². The van der Waals surface area contributed by atoms with Gasteiger partial charge in [-0.15, -0.1) is 4.37 Å². The third-order valence-corrected chi connectivity index (χ3v) is 1.16. The highest BCUT2D eigenvalue weighted by Gasteiger charge is 2.13. The highest BCUT2D eigenvalue weighted by molar-refractivity contribution is 6.99. The molecular formula is C3HFN2O2S. The molecule has 1 N–H and O–H groups in total. The first-order valence-electron chi connectivity index (χ1n) is 1.93. The Morgan fingerprint density at radius 3 is 2.56 bits per heavy atom. The molecule has 1 rings (SSSR count). The molecule has 0 saturated carbocycles. The molecule has 0 aliphatic heterocycles. The molecule has 1 heterocycles. The predicted molar refractivity (Wildman–Crippen MR) is 26.8 cm³/mol. The average Bonchev–Trinajstić information content (AvgIpc) is 2.13. The number of carboxylic acid groups (broad SMARTS) is 1. The van der Waals surface area contributed by atoms with Crippen LogP contribution < -0.4 is 0 Å². The summed E-state index contributed by atoms with van der Waals surface area (Å²) in [7, 11) is 0. The fourth-order valence-electron chi connectivity index (χ4n) is 0.305. The maximum Gasteiger partial charge on any atom is 0.360 e. The third-order valence-electron chi connectivity index (χ3n) is 0.651. The molecule has 0 spiro atoms. The molecule has 9 heavy (non-hydrogen) atoms. The molecule has 0 fully saturated rings. The third kappa shape index (κ3) is 1.02. The van der Waals surface area contributed by atoms with Crippen LogP contribution in [0.5, 0.6) is 0 Å². The van der Waals surface area contributed by atoms with E-state index in [2.05, 4.69) is 8.75 Å². The van der Waals surface area contributed by atoms with Crippen molar-refractivity contribution in [3.63, 3.8) is 0 Å². The summed E-state index contributed by atoms with van der Waals surface area (Å²) in [5, 5.41) is 8.12. The quantitative estimate of drug-likeness (QED) is 0.625. The number of halogens is 1. The Morgan fingerprint density at radius 1 is 1.67 bits per heavy atom. The first kappa shape index (κ1) is 6.09. The van der Waals surface area contributed by atoms with Gasteiger partial charge < -0.3 is 5.11 Å². The maximum atomic E-state index is 12.1. The first-order valence-corrected chi connectivity index (χ1v) is 2.66. The van der Waals surface area contributed by atoms with Crippen LogP contribution in [0, 0.1) is 5.95 Å².